The van der Waals surface area contributed by atoms with Gasteiger partial charge in [-0.05, 0) is 49.8 Å². The Morgan fingerprint density at radius 1 is 0.800 bits per heavy atom. The van der Waals surface area contributed by atoms with Crippen LogP contribution in [0.2, 0.25) is 0 Å². The van der Waals surface area contributed by atoms with Crippen molar-refractivity contribution in [1.29, 1.82) is 0 Å². The maximum absolute atomic E-state index is 13.5. The number of hydrogen-bond donors (Lipinski definition) is 11. The summed E-state index contributed by atoms with van der Waals surface area (Å²) in [5.74, 6) is -3.65. The van der Waals surface area contributed by atoms with Crippen molar-refractivity contribution >= 4 is 35.6 Å². The van der Waals surface area contributed by atoms with Crippen molar-refractivity contribution in [3.8, 4) is 5.75 Å². The number of aliphatic imine (C=N–C) groups is 2. The van der Waals surface area contributed by atoms with E-state index in [0.29, 0.717) is 11.3 Å². The number of aromatic nitrogens is 2. The molecule has 0 aliphatic carbocycles. The van der Waals surface area contributed by atoms with Crippen LogP contribution in [-0.4, -0.2) is 93.0 Å². The van der Waals surface area contributed by atoms with E-state index in [-0.39, 0.29) is 69.3 Å². The first-order valence-electron chi connectivity index (χ1n) is 14.1. The number of amides is 3. The largest absolute Gasteiger partial charge is 0.508 e. The third-order valence-corrected chi connectivity index (χ3v) is 6.48. The van der Waals surface area contributed by atoms with Gasteiger partial charge >= 0.3 is 5.97 Å². The van der Waals surface area contributed by atoms with E-state index >= 15 is 0 Å². The molecule has 1 heterocycles. The second kappa shape index (κ2) is 18.3. The summed E-state index contributed by atoms with van der Waals surface area (Å²) in [7, 11) is 0. The van der Waals surface area contributed by atoms with Crippen LogP contribution < -0.4 is 44.6 Å². The zero-order chi connectivity index (χ0) is 33.4. The number of aliphatic carboxylic acids is 1. The monoisotopic (exact) mass is 630 g/mol. The van der Waals surface area contributed by atoms with Crippen molar-refractivity contribution in [3.05, 3.63) is 48.0 Å². The Labute approximate surface area is 259 Å². The minimum atomic E-state index is -1.33. The lowest BCUT2D eigenvalue weighted by molar-refractivity contribution is -0.142. The first-order chi connectivity index (χ1) is 21.3. The van der Waals surface area contributed by atoms with E-state index < -0.39 is 47.9 Å². The summed E-state index contributed by atoms with van der Waals surface area (Å²) in [6, 6.07) is 1.42. The van der Waals surface area contributed by atoms with Gasteiger partial charge < -0.3 is 59.8 Å². The molecule has 18 heteroatoms. The smallest absolute Gasteiger partial charge is 0.326 e. The molecule has 0 spiro atoms. The van der Waals surface area contributed by atoms with E-state index in [1.807, 2.05) is 0 Å². The number of carbonyl (C=O) groups excluding carboxylic acids is 3. The maximum Gasteiger partial charge on any atom is 0.326 e. The number of imidazole rings is 1. The average Bonchev–Trinajstić information content (AvgIpc) is 3.49. The number of carboxylic acids is 1. The molecule has 16 N–H and O–H groups in total. The van der Waals surface area contributed by atoms with Crippen LogP contribution in [-0.2, 0) is 32.0 Å². The summed E-state index contributed by atoms with van der Waals surface area (Å²) < 4.78 is 0. The van der Waals surface area contributed by atoms with Gasteiger partial charge in [-0.15, -0.1) is 0 Å². The molecule has 0 fully saturated rings. The van der Waals surface area contributed by atoms with Gasteiger partial charge in [0.1, 0.15) is 23.9 Å². The number of nitrogens with one attached hydrogen (secondary N) is 4. The van der Waals surface area contributed by atoms with Crippen molar-refractivity contribution in [1.82, 2.24) is 25.9 Å². The number of hydrogen-bond acceptors (Lipinski definition) is 9. The molecule has 0 bridgehead atoms. The number of aromatic hydroxyl groups is 1. The van der Waals surface area contributed by atoms with E-state index in [1.165, 1.54) is 24.7 Å². The summed E-state index contributed by atoms with van der Waals surface area (Å²) in [5, 5.41) is 26.9. The maximum atomic E-state index is 13.5. The molecule has 2 aromatic rings. The van der Waals surface area contributed by atoms with Crippen molar-refractivity contribution in [2.45, 2.75) is 62.7 Å². The van der Waals surface area contributed by atoms with Crippen LogP contribution in [0.1, 0.15) is 36.9 Å². The Morgan fingerprint density at radius 2 is 1.31 bits per heavy atom. The molecule has 0 saturated heterocycles. The number of nitrogens with two attached hydrogens (primary N) is 5. The standard InChI is InChI=1S/C27H42N12O6/c28-18(11-15-5-7-17(40)8-6-15)22(41)37-19(3-1-9-34-26(29)30)23(42)38-20(4-2-10-35-27(31)32)24(43)39-21(25(44)45)12-16-13-33-14-36-16/h5-8,13-14,18-21,40H,1-4,9-12,28H2,(H,33,36)(H,37,41)(H,38,42)(H,39,43)(H,44,45)(H4,29,30,34)(H4,31,32,35). The van der Waals surface area contributed by atoms with Crippen LogP contribution in [0.3, 0.4) is 0 Å². The Hall–Kier alpha value is -5.39. The molecule has 0 saturated carbocycles. The topological polar surface area (TPSA) is 328 Å². The fourth-order valence-electron chi connectivity index (χ4n) is 4.16. The number of H-pyrrole nitrogens is 1. The van der Waals surface area contributed by atoms with Crippen molar-refractivity contribution < 1.29 is 29.4 Å². The van der Waals surface area contributed by atoms with Crippen molar-refractivity contribution in [2.24, 2.45) is 38.7 Å². The first kappa shape index (κ1) is 35.8. The highest BCUT2D eigenvalue weighted by Crippen LogP contribution is 2.11. The predicted molar refractivity (Wildman–Crippen MR) is 165 cm³/mol. The minimum Gasteiger partial charge on any atom is -0.508 e. The van der Waals surface area contributed by atoms with Crippen molar-refractivity contribution in [3.63, 3.8) is 0 Å². The Balaban J connectivity index is 2.20. The molecule has 0 aliphatic rings. The summed E-state index contributed by atoms with van der Waals surface area (Å²) in [5.41, 5.74) is 28.8. The number of nitrogens with zero attached hydrogens (tertiary/aromatic N) is 3. The number of carboxylic acid groups (broad SMARTS) is 1. The molecule has 0 aliphatic heterocycles. The van der Waals surface area contributed by atoms with E-state index in [4.69, 9.17) is 28.7 Å². The molecular formula is C27H42N12O6. The molecule has 4 atom stereocenters. The summed E-state index contributed by atoms with van der Waals surface area (Å²) >= 11 is 0. The Morgan fingerprint density at radius 3 is 1.78 bits per heavy atom. The number of benzene rings is 1. The lowest BCUT2D eigenvalue weighted by Crippen LogP contribution is -2.57. The quantitative estimate of drug-likeness (QED) is 0.0417. The van der Waals surface area contributed by atoms with Crippen LogP contribution >= 0.6 is 0 Å². The highest BCUT2D eigenvalue weighted by Gasteiger charge is 2.30. The fraction of sp³-hybridized carbons (Fsp3) is 0.444. The zero-order valence-electron chi connectivity index (χ0n) is 24.7. The third kappa shape index (κ3) is 13.6. The number of phenols is 1. The fourth-order valence-corrected chi connectivity index (χ4v) is 4.16. The Bertz CT molecular complexity index is 1310. The van der Waals surface area contributed by atoms with Gasteiger partial charge in [0.05, 0.1) is 12.4 Å². The van der Waals surface area contributed by atoms with Gasteiger partial charge in [-0.2, -0.15) is 0 Å². The van der Waals surface area contributed by atoms with E-state index in [0.717, 1.165) is 0 Å². The van der Waals surface area contributed by atoms with Gasteiger partial charge in [-0.3, -0.25) is 24.4 Å². The molecule has 1 aromatic carbocycles. The summed E-state index contributed by atoms with van der Waals surface area (Å²) in [4.78, 5) is 66.1. The van der Waals surface area contributed by atoms with Gasteiger partial charge in [-0.1, -0.05) is 12.1 Å². The normalized spacial score (nSPS) is 13.4. The molecule has 3 amide bonds. The number of phenolic OH excluding ortho intramolecular Hbond substituents is 1. The van der Waals surface area contributed by atoms with Crippen LogP contribution in [0.5, 0.6) is 5.75 Å². The number of rotatable bonds is 19. The highest BCUT2D eigenvalue weighted by molar-refractivity contribution is 5.94. The molecule has 18 nitrogen and oxygen atoms in total. The minimum absolute atomic E-state index is 0.0415. The predicted octanol–water partition coefficient (Wildman–Crippen LogP) is -3.13. The molecular weight excluding hydrogens is 588 g/mol. The van der Waals surface area contributed by atoms with E-state index in [2.05, 4.69) is 35.9 Å². The lowest BCUT2D eigenvalue weighted by atomic mass is 10.0. The van der Waals surface area contributed by atoms with Crippen LogP contribution in [0.15, 0.2) is 46.8 Å². The van der Waals surface area contributed by atoms with Gasteiger partial charge in [-0.25, -0.2) is 9.78 Å². The Kier molecular flexibility index (Phi) is 14.6. The average molecular weight is 631 g/mol. The zero-order valence-corrected chi connectivity index (χ0v) is 24.7. The second-order valence-electron chi connectivity index (χ2n) is 10.2. The van der Waals surface area contributed by atoms with Gasteiger partial charge in [0.2, 0.25) is 17.7 Å². The number of guanidine groups is 2. The summed E-state index contributed by atoms with van der Waals surface area (Å²) in [6.45, 7) is 0.307. The van der Waals surface area contributed by atoms with E-state index in [9.17, 15) is 29.4 Å². The number of carbonyl (C=O) groups is 4. The van der Waals surface area contributed by atoms with Crippen LogP contribution in [0.25, 0.3) is 0 Å². The van der Waals surface area contributed by atoms with Gasteiger partial charge in [0, 0.05) is 31.4 Å². The highest BCUT2D eigenvalue weighted by atomic mass is 16.4. The molecule has 246 valence electrons. The molecule has 1 aromatic heterocycles. The second-order valence-corrected chi connectivity index (χ2v) is 10.2. The molecule has 2 rings (SSSR count). The first-order valence-corrected chi connectivity index (χ1v) is 14.1. The third-order valence-electron chi connectivity index (χ3n) is 6.48. The summed E-state index contributed by atoms with van der Waals surface area (Å²) in [6.07, 6.45) is 3.51. The number of aromatic amines is 1. The SMILES string of the molecule is NC(N)=NCCCC(NC(=O)C(N)Cc1ccc(O)cc1)C(=O)NC(CCCN=C(N)N)C(=O)NC(Cc1cnc[nH]1)C(=O)O. The molecule has 45 heavy (non-hydrogen) atoms. The molecule has 0 radical (unpaired) electrons. The van der Waals surface area contributed by atoms with Crippen LogP contribution in [0, 0.1) is 0 Å². The van der Waals surface area contributed by atoms with E-state index in [1.54, 1.807) is 12.1 Å². The van der Waals surface area contributed by atoms with Crippen molar-refractivity contribution in [2.75, 3.05) is 13.1 Å². The van der Waals surface area contributed by atoms with Gasteiger partial charge in [0.25, 0.3) is 0 Å². The van der Waals surface area contributed by atoms with Crippen LogP contribution in [0.4, 0.5) is 0 Å². The lowest BCUT2D eigenvalue weighted by Gasteiger charge is -2.25. The van der Waals surface area contributed by atoms with Gasteiger partial charge in [0.15, 0.2) is 11.9 Å². The molecule has 4 unspecified atom stereocenters.